The van der Waals surface area contributed by atoms with Gasteiger partial charge in [0.1, 0.15) is 11.6 Å². The Balaban J connectivity index is 1.96. The first-order valence-electron chi connectivity index (χ1n) is 5.37. The van der Waals surface area contributed by atoms with Gasteiger partial charge in [-0.05, 0) is 30.3 Å². The highest BCUT2D eigenvalue weighted by atomic mass is 32.1. The Bertz CT molecular complexity index is 630. The van der Waals surface area contributed by atoms with E-state index in [1.165, 1.54) is 12.1 Å². The van der Waals surface area contributed by atoms with Crippen LogP contribution in [-0.2, 0) is 13.0 Å². The number of nitrogens with one attached hydrogen (secondary N) is 1. The second-order valence-corrected chi connectivity index (χ2v) is 4.65. The number of aromatic amines is 1. The number of hydrogen-bond donors (Lipinski definition) is 1. The molecule has 0 fully saturated rings. The molecule has 1 aliphatic rings. The predicted octanol–water partition coefficient (Wildman–Crippen LogP) is 3.16. The van der Waals surface area contributed by atoms with E-state index in [2.05, 4.69) is 4.98 Å². The molecular weight excluding hydrogens is 242 g/mol. The Morgan fingerprint density at radius 3 is 2.88 bits per heavy atom. The van der Waals surface area contributed by atoms with E-state index in [1.807, 2.05) is 10.8 Å². The van der Waals surface area contributed by atoms with Crippen LogP contribution in [0.25, 0.3) is 0 Å². The number of hydrogen-bond acceptors (Lipinski definition) is 1. The second-order valence-electron chi connectivity index (χ2n) is 4.26. The summed E-state index contributed by atoms with van der Waals surface area (Å²) in [5, 5.41) is 0. The fourth-order valence-electron chi connectivity index (χ4n) is 2.38. The van der Waals surface area contributed by atoms with Crippen LogP contribution in [0.4, 0.5) is 8.78 Å². The van der Waals surface area contributed by atoms with Gasteiger partial charge in [-0.25, -0.2) is 8.78 Å². The normalized spacial score (nSPS) is 18.4. The molecule has 1 aromatic heterocycles. The predicted molar refractivity (Wildman–Crippen MR) is 62.4 cm³/mol. The lowest BCUT2D eigenvalue weighted by molar-refractivity contribution is 0.543. The number of fused-ring (bicyclic) bond motifs is 1. The van der Waals surface area contributed by atoms with Crippen molar-refractivity contribution >= 4 is 12.2 Å². The van der Waals surface area contributed by atoms with Crippen molar-refractivity contribution in [2.45, 2.75) is 18.9 Å². The molecule has 0 saturated carbocycles. The summed E-state index contributed by atoms with van der Waals surface area (Å²) >= 11 is 5.12. The maximum Gasteiger partial charge on any atom is 0.177 e. The zero-order chi connectivity index (χ0) is 12.0. The Morgan fingerprint density at radius 2 is 2.18 bits per heavy atom. The lowest BCUT2D eigenvalue weighted by Crippen LogP contribution is -2.04. The third-order valence-corrected chi connectivity index (χ3v) is 3.55. The van der Waals surface area contributed by atoms with E-state index in [9.17, 15) is 8.78 Å². The summed E-state index contributed by atoms with van der Waals surface area (Å²) < 4.78 is 29.1. The van der Waals surface area contributed by atoms with Crippen molar-refractivity contribution in [1.29, 1.82) is 0 Å². The summed E-state index contributed by atoms with van der Waals surface area (Å²) in [5.74, 6) is -0.973. The van der Waals surface area contributed by atoms with Crippen LogP contribution in [0.3, 0.4) is 0 Å². The fourth-order valence-corrected chi connectivity index (χ4v) is 2.63. The molecule has 2 nitrogen and oxygen atoms in total. The first kappa shape index (κ1) is 10.7. The third kappa shape index (κ3) is 1.70. The first-order valence-corrected chi connectivity index (χ1v) is 5.78. The molecule has 2 heterocycles. The number of imidazole rings is 1. The van der Waals surface area contributed by atoms with E-state index in [-0.39, 0.29) is 5.92 Å². The van der Waals surface area contributed by atoms with E-state index in [0.29, 0.717) is 16.9 Å². The highest BCUT2D eigenvalue weighted by Crippen LogP contribution is 2.31. The van der Waals surface area contributed by atoms with E-state index in [1.54, 1.807) is 0 Å². The number of rotatable bonds is 1. The van der Waals surface area contributed by atoms with Gasteiger partial charge in [-0.1, -0.05) is 6.07 Å². The van der Waals surface area contributed by atoms with Gasteiger partial charge < -0.3 is 9.55 Å². The van der Waals surface area contributed by atoms with Gasteiger partial charge in [0, 0.05) is 30.4 Å². The monoisotopic (exact) mass is 252 g/mol. The van der Waals surface area contributed by atoms with Crippen LogP contribution in [0.2, 0.25) is 0 Å². The van der Waals surface area contributed by atoms with Gasteiger partial charge in [-0.15, -0.1) is 0 Å². The maximum absolute atomic E-state index is 13.6. The molecule has 3 rings (SSSR count). The molecule has 0 bridgehead atoms. The van der Waals surface area contributed by atoms with Crippen molar-refractivity contribution < 1.29 is 8.78 Å². The molecule has 0 spiro atoms. The van der Waals surface area contributed by atoms with E-state index in [4.69, 9.17) is 12.2 Å². The number of benzene rings is 1. The van der Waals surface area contributed by atoms with Crippen LogP contribution >= 0.6 is 12.2 Å². The SMILES string of the molecule is Fc1ccc(C2Cc3c[nH]c(=S)n3C2)c(F)c1. The van der Waals surface area contributed by atoms with Gasteiger partial charge in [-0.3, -0.25) is 0 Å². The van der Waals surface area contributed by atoms with E-state index >= 15 is 0 Å². The largest absolute Gasteiger partial charge is 0.337 e. The van der Waals surface area contributed by atoms with Gasteiger partial charge in [0.15, 0.2) is 4.77 Å². The van der Waals surface area contributed by atoms with Crippen molar-refractivity contribution in [3.63, 3.8) is 0 Å². The summed E-state index contributed by atoms with van der Waals surface area (Å²) in [4.78, 5) is 2.96. The lowest BCUT2D eigenvalue weighted by Gasteiger charge is -2.10. The molecule has 1 aliphatic heterocycles. The van der Waals surface area contributed by atoms with Gasteiger partial charge in [0.2, 0.25) is 0 Å². The summed E-state index contributed by atoms with van der Waals surface area (Å²) in [6.45, 7) is 0.653. The summed E-state index contributed by atoms with van der Waals surface area (Å²) in [5.41, 5.74) is 1.63. The number of aromatic nitrogens is 2. The summed E-state index contributed by atoms with van der Waals surface area (Å²) in [7, 11) is 0. The Kier molecular flexibility index (Phi) is 2.36. The van der Waals surface area contributed by atoms with Gasteiger partial charge in [0.25, 0.3) is 0 Å². The highest BCUT2D eigenvalue weighted by Gasteiger charge is 2.25. The molecule has 2 aromatic rings. The molecule has 0 saturated heterocycles. The van der Waals surface area contributed by atoms with Crippen LogP contribution in [0.1, 0.15) is 17.2 Å². The topological polar surface area (TPSA) is 20.7 Å². The molecule has 88 valence electrons. The average Bonchev–Trinajstić information content (AvgIpc) is 2.81. The van der Waals surface area contributed by atoms with Crippen molar-refractivity contribution in [3.05, 3.63) is 52.1 Å². The van der Waals surface area contributed by atoms with Crippen molar-refractivity contribution in [1.82, 2.24) is 9.55 Å². The molecule has 0 amide bonds. The van der Waals surface area contributed by atoms with Crippen LogP contribution < -0.4 is 0 Å². The van der Waals surface area contributed by atoms with Gasteiger partial charge >= 0.3 is 0 Å². The van der Waals surface area contributed by atoms with Gasteiger partial charge in [-0.2, -0.15) is 0 Å². The standard InChI is InChI=1S/C12H10F2N2S/c13-8-1-2-10(11(14)4-8)7-3-9-5-15-12(17)16(9)6-7/h1-2,4-5,7H,3,6H2,(H,15,17). The number of halogens is 2. The fraction of sp³-hybridized carbons (Fsp3) is 0.250. The number of H-pyrrole nitrogens is 1. The summed E-state index contributed by atoms with van der Waals surface area (Å²) in [6, 6.07) is 3.76. The Hall–Kier alpha value is -1.49. The summed E-state index contributed by atoms with van der Waals surface area (Å²) in [6.07, 6.45) is 2.58. The van der Waals surface area contributed by atoms with Crippen molar-refractivity contribution in [2.75, 3.05) is 0 Å². The molecule has 5 heteroatoms. The molecule has 1 unspecified atom stereocenters. The average molecular weight is 252 g/mol. The molecule has 0 radical (unpaired) electrons. The van der Waals surface area contributed by atoms with Crippen LogP contribution in [0.15, 0.2) is 24.4 Å². The highest BCUT2D eigenvalue weighted by molar-refractivity contribution is 7.71. The zero-order valence-electron chi connectivity index (χ0n) is 8.91. The maximum atomic E-state index is 13.6. The smallest absolute Gasteiger partial charge is 0.177 e. The molecular formula is C12H10F2N2S. The van der Waals surface area contributed by atoms with Crippen LogP contribution in [0.5, 0.6) is 0 Å². The third-order valence-electron chi connectivity index (χ3n) is 3.21. The number of nitrogens with zero attached hydrogens (tertiary/aromatic N) is 1. The van der Waals surface area contributed by atoms with Gasteiger partial charge in [0.05, 0.1) is 0 Å². The molecule has 1 aromatic carbocycles. The van der Waals surface area contributed by atoms with E-state index in [0.717, 1.165) is 18.2 Å². The molecule has 1 N–H and O–H groups in total. The second kappa shape index (κ2) is 3.77. The zero-order valence-corrected chi connectivity index (χ0v) is 9.73. The molecule has 17 heavy (non-hydrogen) atoms. The Morgan fingerprint density at radius 1 is 1.35 bits per heavy atom. The molecule has 0 aliphatic carbocycles. The Labute approximate surface area is 102 Å². The van der Waals surface area contributed by atoms with Crippen molar-refractivity contribution in [2.24, 2.45) is 0 Å². The van der Waals surface area contributed by atoms with E-state index < -0.39 is 11.6 Å². The van der Waals surface area contributed by atoms with Crippen molar-refractivity contribution in [3.8, 4) is 0 Å². The molecule has 1 atom stereocenters. The minimum absolute atomic E-state index is 0.0434. The lowest BCUT2D eigenvalue weighted by atomic mass is 9.96. The quantitative estimate of drug-likeness (QED) is 0.773. The van der Waals surface area contributed by atoms with Crippen LogP contribution in [-0.4, -0.2) is 9.55 Å². The minimum atomic E-state index is -0.541. The van der Waals surface area contributed by atoms with Crippen LogP contribution in [0, 0.1) is 16.4 Å². The minimum Gasteiger partial charge on any atom is -0.337 e. The first-order chi connectivity index (χ1) is 8.15.